The average Bonchev–Trinajstić information content (AvgIpc) is 3.41. The van der Waals surface area contributed by atoms with E-state index in [1.807, 2.05) is 19.1 Å². The Morgan fingerprint density at radius 1 is 1.17 bits per heavy atom. The standard InChI is InChI=1S/C23H26N2O3S/c1-3-4-5-14-6-8-15(9-7-14)20-13(2)29-23(24-20)25-21(26)18-16-10-11-17(12-16)19(18)22(27)28/h6-11,16-19H,3-5,12H2,1-2H3,(H,27,28)(H,24,25,26)/t16-,17-,18-,19-/m0/s1. The van der Waals surface area contributed by atoms with Crippen LogP contribution in [0.2, 0.25) is 0 Å². The number of benzene rings is 1. The fraction of sp³-hybridized carbons (Fsp3) is 0.435. The lowest BCUT2D eigenvalue weighted by Gasteiger charge is -2.23. The number of fused-ring (bicyclic) bond motifs is 2. The number of hydrogen-bond donors (Lipinski definition) is 2. The molecular formula is C23H26N2O3S. The summed E-state index contributed by atoms with van der Waals surface area (Å²) in [6, 6.07) is 8.45. The van der Waals surface area contributed by atoms with Crippen molar-refractivity contribution >= 4 is 28.3 Å². The Morgan fingerprint density at radius 3 is 2.52 bits per heavy atom. The van der Waals surface area contributed by atoms with Gasteiger partial charge >= 0.3 is 5.97 Å². The third-order valence-electron chi connectivity index (χ3n) is 6.12. The number of carbonyl (C=O) groups excluding carboxylic acids is 1. The number of anilines is 1. The highest BCUT2D eigenvalue weighted by molar-refractivity contribution is 7.16. The molecule has 0 spiro atoms. The SMILES string of the molecule is CCCCc1ccc(-c2nc(NC(=O)[C@@H]3[C@@H](C(=O)O)[C@H]4C=C[C@H]3C4)sc2C)cc1. The van der Waals surface area contributed by atoms with Crippen LogP contribution in [-0.2, 0) is 16.0 Å². The number of nitrogens with zero attached hydrogens (tertiary/aromatic N) is 1. The molecule has 5 nitrogen and oxygen atoms in total. The second-order valence-electron chi connectivity index (χ2n) is 8.05. The summed E-state index contributed by atoms with van der Waals surface area (Å²) in [6.45, 7) is 4.18. The lowest BCUT2D eigenvalue weighted by molar-refractivity contribution is -0.146. The maximum absolute atomic E-state index is 12.9. The number of unbranched alkanes of at least 4 members (excludes halogenated alkanes) is 1. The molecule has 2 aliphatic rings. The van der Waals surface area contributed by atoms with Crippen LogP contribution >= 0.6 is 11.3 Å². The molecule has 0 aliphatic heterocycles. The van der Waals surface area contributed by atoms with Crippen LogP contribution in [0.15, 0.2) is 36.4 Å². The van der Waals surface area contributed by atoms with Crippen LogP contribution < -0.4 is 5.32 Å². The van der Waals surface area contributed by atoms with Gasteiger partial charge in [-0.3, -0.25) is 9.59 Å². The van der Waals surface area contributed by atoms with Crippen molar-refractivity contribution in [3.05, 3.63) is 46.9 Å². The van der Waals surface area contributed by atoms with Gasteiger partial charge in [0, 0.05) is 10.4 Å². The Kier molecular flexibility index (Phi) is 5.54. The number of rotatable bonds is 7. The molecule has 2 N–H and O–H groups in total. The van der Waals surface area contributed by atoms with E-state index >= 15 is 0 Å². The van der Waals surface area contributed by atoms with Gasteiger partial charge in [-0.15, -0.1) is 11.3 Å². The van der Waals surface area contributed by atoms with Crippen molar-refractivity contribution in [1.82, 2.24) is 4.98 Å². The Bertz CT molecular complexity index is 948. The second-order valence-corrected chi connectivity index (χ2v) is 9.25. The maximum atomic E-state index is 12.9. The van der Waals surface area contributed by atoms with Gasteiger partial charge in [0.15, 0.2) is 5.13 Å². The molecule has 152 valence electrons. The number of aryl methyl sites for hydroxylation is 2. The van der Waals surface area contributed by atoms with Crippen LogP contribution in [0.5, 0.6) is 0 Å². The van der Waals surface area contributed by atoms with Gasteiger partial charge in [0.2, 0.25) is 5.91 Å². The number of nitrogens with one attached hydrogen (secondary N) is 1. The van der Waals surface area contributed by atoms with E-state index in [-0.39, 0.29) is 17.7 Å². The number of hydrogen-bond acceptors (Lipinski definition) is 4. The molecule has 0 radical (unpaired) electrons. The largest absolute Gasteiger partial charge is 0.481 e. The molecule has 2 aliphatic carbocycles. The molecule has 0 unspecified atom stereocenters. The molecule has 4 atom stereocenters. The molecule has 1 aromatic carbocycles. The summed E-state index contributed by atoms with van der Waals surface area (Å²) in [6.07, 6.45) is 8.13. The normalized spacial score (nSPS) is 24.8. The zero-order valence-electron chi connectivity index (χ0n) is 16.7. The number of carboxylic acid groups (broad SMARTS) is 1. The first-order chi connectivity index (χ1) is 14.0. The first-order valence-electron chi connectivity index (χ1n) is 10.3. The zero-order valence-corrected chi connectivity index (χ0v) is 17.5. The molecule has 1 saturated carbocycles. The number of allylic oxidation sites excluding steroid dienone is 2. The number of aliphatic carboxylic acids is 1. The number of carboxylic acids is 1. The van der Waals surface area contributed by atoms with Crippen LogP contribution in [0, 0.1) is 30.6 Å². The molecule has 1 fully saturated rings. The number of aromatic nitrogens is 1. The molecule has 2 bridgehead atoms. The summed E-state index contributed by atoms with van der Waals surface area (Å²) in [5.41, 5.74) is 3.22. The van der Waals surface area contributed by atoms with E-state index in [2.05, 4.69) is 41.5 Å². The highest BCUT2D eigenvalue weighted by atomic mass is 32.1. The molecule has 29 heavy (non-hydrogen) atoms. The van der Waals surface area contributed by atoms with E-state index < -0.39 is 17.8 Å². The van der Waals surface area contributed by atoms with Gasteiger partial charge in [-0.2, -0.15) is 0 Å². The van der Waals surface area contributed by atoms with Crippen LogP contribution in [0.4, 0.5) is 5.13 Å². The fourth-order valence-corrected chi connectivity index (χ4v) is 5.47. The lowest BCUT2D eigenvalue weighted by Crippen LogP contribution is -2.36. The van der Waals surface area contributed by atoms with Crippen molar-refractivity contribution in [2.24, 2.45) is 23.7 Å². The second kappa shape index (κ2) is 8.11. The molecule has 4 rings (SSSR count). The summed E-state index contributed by atoms with van der Waals surface area (Å²) < 4.78 is 0. The van der Waals surface area contributed by atoms with Gasteiger partial charge in [-0.05, 0) is 43.6 Å². The van der Waals surface area contributed by atoms with Gasteiger partial charge in [0.25, 0.3) is 0 Å². The van der Waals surface area contributed by atoms with E-state index in [9.17, 15) is 14.7 Å². The zero-order chi connectivity index (χ0) is 20.5. The van der Waals surface area contributed by atoms with Gasteiger partial charge in [0.1, 0.15) is 0 Å². The Hall–Kier alpha value is -2.47. The lowest BCUT2D eigenvalue weighted by atomic mass is 9.82. The van der Waals surface area contributed by atoms with Crippen molar-refractivity contribution in [3.8, 4) is 11.3 Å². The predicted octanol–water partition coefficient (Wildman–Crippen LogP) is 4.92. The van der Waals surface area contributed by atoms with Crippen LogP contribution in [0.3, 0.4) is 0 Å². The van der Waals surface area contributed by atoms with Crippen LogP contribution in [0.25, 0.3) is 11.3 Å². The van der Waals surface area contributed by atoms with Gasteiger partial charge in [-0.25, -0.2) is 4.98 Å². The van der Waals surface area contributed by atoms with Crippen molar-refractivity contribution in [2.45, 2.75) is 39.5 Å². The van der Waals surface area contributed by atoms with Crippen molar-refractivity contribution in [3.63, 3.8) is 0 Å². The smallest absolute Gasteiger partial charge is 0.307 e. The Morgan fingerprint density at radius 2 is 1.86 bits per heavy atom. The number of carbonyl (C=O) groups is 2. The minimum absolute atomic E-state index is 0.0114. The summed E-state index contributed by atoms with van der Waals surface area (Å²) in [7, 11) is 0. The van der Waals surface area contributed by atoms with Crippen molar-refractivity contribution in [2.75, 3.05) is 5.32 Å². The predicted molar refractivity (Wildman–Crippen MR) is 115 cm³/mol. The van der Waals surface area contributed by atoms with Gasteiger partial charge in [0.05, 0.1) is 17.5 Å². The minimum atomic E-state index is -0.888. The highest BCUT2D eigenvalue weighted by Gasteiger charge is 2.51. The first kappa shape index (κ1) is 19.8. The molecule has 0 saturated heterocycles. The topological polar surface area (TPSA) is 79.3 Å². The third kappa shape index (κ3) is 3.86. The van der Waals surface area contributed by atoms with Crippen molar-refractivity contribution in [1.29, 1.82) is 0 Å². The van der Waals surface area contributed by atoms with Crippen LogP contribution in [-0.4, -0.2) is 22.0 Å². The molecule has 6 heteroatoms. The number of amides is 1. The number of thiazole rings is 1. The molecule has 1 heterocycles. The Labute approximate surface area is 174 Å². The Balaban J connectivity index is 1.49. The van der Waals surface area contributed by atoms with Crippen LogP contribution in [0.1, 0.15) is 36.6 Å². The molecule has 1 amide bonds. The molecular weight excluding hydrogens is 384 g/mol. The summed E-state index contributed by atoms with van der Waals surface area (Å²) in [5, 5.41) is 13.0. The maximum Gasteiger partial charge on any atom is 0.307 e. The van der Waals surface area contributed by atoms with Crippen molar-refractivity contribution < 1.29 is 14.7 Å². The average molecular weight is 411 g/mol. The monoisotopic (exact) mass is 410 g/mol. The summed E-state index contributed by atoms with van der Waals surface area (Å²) in [4.78, 5) is 30.2. The van der Waals surface area contributed by atoms with Gasteiger partial charge in [-0.1, -0.05) is 49.8 Å². The van der Waals surface area contributed by atoms with E-state index in [1.165, 1.54) is 29.7 Å². The summed E-state index contributed by atoms with van der Waals surface area (Å²) >= 11 is 1.44. The highest BCUT2D eigenvalue weighted by Crippen LogP contribution is 2.48. The van der Waals surface area contributed by atoms with E-state index in [1.54, 1.807) is 0 Å². The van der Waals surface area contributed by atoms with E-state index in [0.29, 0.717) is 5.13 Å². The van der Waals surface area contributed by atoms with E-state index in [4.69, 9.17) is 0 Å². The third-order valence-corrected chi connectivity index (χ3v) is 7.01. The fourth-order valence-electron chi connectivity index (χ4n) is 4.63. The molecule has 1 aromatic heterocycles. The summed E-state index contributed by atoms with van der Waals surface area (Å²) in [5.74, 6) is -2.30. The first-order valence-corrected chi connectivity index (χ1v) is 11.1. The quantitative estimate of drug-likeness (QED) is 0.635. The van der Waals surface area contributed by atoms with E-state index in [0.717, 1.165) is 29.0 Å². The van der Waals surface area contributed by atoms with Gasteiger partial charge < -0.3 is 10.4 Å². The minimum Gasteiger partial charge on any atom is -0.481 e. The molecule has 2 aromatic rings.